The molecule has 0 aliphatic heterocycles. The van der Waals surface area contributed by atoms with Crippen LogP contribution in [0.25, 0.3) is 11.1 Å². The van der Waals surface area contributed by atoms with Crippen molar-refractivity contribution in [1.82, 2.24) is 0 Å². The van der Waals surface area contributed by atoms with Crippen LogP contribution < -0.4 is 5.32 Å². The highest BCUT2D eigenvalue weighted by atomic mass is 16.3. The van der Waals surface area contributed by atoms with Gasteiger partial charge < -0.3 is 10.4 Å². The first kappa shape index (κ1) is 13.9. The Morgan fingerprint density at radius 2 is 1.27 bits per heavy atom. The van der Waals surface area contributed by atoms with E-state index in [4.69, 9.17) is 0 Å². The monoisotopic (exact) mass is 289 g/mol. The molecule has 0 unspecified atom stereocenters. The van der Waals surface area contributed by atoms with E-state index in [1.165, 1.54) is 0 Å². The minimum Gasteiger partial charge on any atom is -0.508 e. The minimum atomic E-state index is -0.136. The Labute approximate surface area is 128 Å². The summed E-state index contributed by atoms with van der Waals surface area (Å²) in [6.07, 6.45) is 0. The van der Waals surface area contributed by atoms with Crippen LogP contribution in [0.3, 0.4) is 0 Å². The third-order valence-corrected chi connectivity index (χ3v) is 3.38. The molecule has 22 heavy (non-hydrogen) atoms. The van der Waals surface area contributed by atoms with Gasteiger partial charge >= 0.3 is 0 Å². The van der Waals surface area contributed by atoms with Gasteiger partial charge in [0.1, 0.15) is 5.75 Å². The van der Waals surface area contributed by atoms with E-state index < -0.39 is 0 Å². The topological polar surface area (TPSA) is 49.3 Å². The second-order valence-electron chi connectivity index (χ2n) is 4.94. The molecule has 3 rings (SSSR count). The summed E-state index contributed by atoms with van der Waals surface area (Å²) in [4.78, 5) is 12.2. The van der Waals surface area contributed by atoms with Crippen LogP contribution in [0.15, 0.2) is 78.9 Å². The summed E-state index contributed by atoms with van der Waals surface area (Å²) in [5.74, 6) is 0.103. The van der Waals surface area contributed by atoms with E-state index in [0.29, 0.717) is 5.56 Å². The van der Waals surface area contributed by atoms with Gasteiger partial charge in [-0.2, -0.15) is 0 Å². The predicted octanol–water partition coefficient (Wildman–Crippen LogP) is 4.31. The minimum absolute atomic E-state index is 0.136. The number of hydrogen-bond acceptors (Lipinski definition) is 2. The summed E-state index contributed by atoms with van der Waals surface area (Å²) >= 11 is 0. The molecule has 0 spiro atoms. The average Bonchev–Trinajstić information content (AvgIpc) is 2.57. The van der Waals surface area contributed by atoms with Gasteiger partial charge in [0.2, 0.25) is 0 Å². The lowest BCUT2D eigenvalue weighted by molar-refractivity contribution is 0.102. The van der Waals surface area contributed by atoms with Gasteiger partial charge in [-0.3, -0.25) is 4.79 Å². The summed E-state index contributed by atoms with van der Waals surface area (Å²) in [7, 11) is 0. The maximum atomic E-state index is 12.2. The van der Waals surface area contributed by atoms with E-state index in [9.17, 15) is 9.90 Å². The molecular weight excluding hydrogens is 274 g/mol. The van der Waals surface area contributed by atoms with Gasteiger partial charge in [-0.25, -0.2) is 0 Å². The molecule has 3 aromatic carbocycles. The molecule has 108 valence electrons. The van der Waals surface area contributed by atoms with Crippen molar-refractivity contribution in [2.75, 3.05) is 5.32 Å². The van der Waals surface area contributed by atoms with Crippen LogP contribution in [0.4, 0.5) is 5.69 Å². The van der Waals surface area contributed by atoms with Crippen molar-refractivity contribution in [1.29, 1.82) is 0 Å². The van der Waals surface area contributed by atoms with Crippen LogP contribution in [-0.2, 0) is 0 Å². The van der Waals surface area contributed by atoms with Gasteiger partial charge in [0, 0.05) is 11.3 Å². The van der Waals surface area contributed by atoms with Gasteiger partial charge in [-0.05, 0) is 47.5 Å². The number of hydrogen-bond donors (Lipinski definition) is 2. The molecule has 0 aromatic heterocycles. The van der Waals surface area contributed by atoms with Gasteiger partial charge in [-0.15, -0.1) is 0 Å². The van der Waals surface area contributed by atoms with E-state index >= 15 is 0 Å². The molecular formula is C19H15NO2. The van der Waals surface area contributed by atoms with Crippen molar-refractivity contribution in [3.63, 3.8) is 0 Å². The Kier molecular flexibility index (Phi) is 3.88. The summed E-state index contributed by atoms with van der Waals surface area (Å²) in [6.45, 7) is 0. The van der Waals surface area contributed by atoms with Gasteiger partial charge in [0.25, 0.3) is 5.91 Å². The number of aromatic hydroxyl groups is 1. The van der Waals surface area contributed by atoms with E-state index in [1.54, 1.807) is 24.3 Å². The Bertz CT molecular complexity index is 763. The number of anilines is 1. The zero-order valence-electron chi connectivity index (χ0n) is 11.9. The second kappa shape index (κ2) is 6.14. The molecule has 0 saturated heterocycles. The highest BCUT2D eigenvalue weighted by Crippen LogP contribution is 2.22. The highest BCUT2D eigenvalue weighted by Gasteiger charge is 2.06. The third-order valence-electron chi connectivity index (χ3n) is 3.38. The van der Waals surface area contributed by atoms with Crippen molar-refractivity contribution in [2.24, 2.45) is 0 Å². The zero-order valence-corrected chi connectivity index (χ0v) is 11.9. The Hall–Kier alpha value is -3.07. The van der Waals surface area contributed by atoms with E-state index in [0.717, 1.165) is 16.8 Å². The fourth-order valence-electron chi connectivity index (χ4n) is 2.19. The lowest BCUT2D eigenvalue weighted by Crippen LogP contribution is -2.11. The van der Waals surface area contributed by atoms with Crippen LogP contribution in [0, 0.1) is 0 Å². The van der Waals surface area contributed by atoms with Crippen LogP contribution >= 0.6 is 0 Å². The number of rotatable bonds is 3. The lowest BCUT2D eigenvalue weighted by atomic mass is 10.0. The molecule has 2 N–H and O–H groups in total. The number of carbonyl (C=O) groups is 1. The van der Waals surface area contributed by atoms with Crippen LogP contribution in [0.2, 0.25) is 0 Å². The number of nitrogens with one attached hydrogen (secondary N) is 1. The molecule has 1 amide bonds. The van der Waals surface area contributed by atoms with Crippen LogP contribution in [0.1, 0.15) is 10.4 Å². The Morgan fingerprint density at radius 3 is 1.86 bits per heavy atom. The largest absolute Gasteiger partial charge is 0.508 e. The summed E-state index contributed by atoms with van der Waals surface area (Å²) in [5.41, 5.74) is 3.37. The lowest BCUT2D eigenvalue weighted by Gasteiger charge is -2.06. The van der Waals surface area contributed by atoms with Crippen molar-refractivity contribution < 1.29 is 9.90 Å². The van der Waals surface area contributed by atoms with Gasteiger partial charge in [-0.1, -0.05) is 42.5 Å². The number of para-hydroxylation sites is 1. The van der Waals surface area contributed by atoms with Crippen molar-refractivity contribution >= 4 is 11.6 Å². The first-order chi connectivity index (χ1) is 10.7. The Morgan fingerprint density at radius 1 is 0.727 bits per heavy atom. The quantitative estimate of drug-likeness (QED) is 0.754. The van der Waals surface area contributed by atoms with Crippen molar-refractivity contribution in [3.05, 3.63) is 84.4 Å². The van der Waals surface area contributed by atoms with Gasteiger partial charge in [0.05, 0.1) is 0 Å². The van der Waals surface area contributed by atoms with Crippen LogP contribution in [-0.4, -0.2) is 11.0 Å². The molecule has 3 aromatic rings. The third kappa shape index (κ3) is 3.15. The maximum absolute atomic E-state index is 12.2. The highest BCUT2D eigenvalue weighted by molar-refractivity contribution is 6.04. The van der Waals surface area contributed by atoms with E-state index in [-0.39, 0.29) is 11.7 Å². The second-order valence-corrected chi connectivity index (χ2v) is 4.94. The molecule has 0 radical (unpaired) electrons. The zero-order chi connectivity index (χ0) is 15.4. The summed E-state index contributed by atoms with van der Waals surface area (Å²) in [5, 5.41) is 12.2. The van der Waals surface area contributed by atoms with Gasteiger partial charge in [0.15, 0.2) is 0 Å². The molecule has 0 saturated carbocycles. The van der Waals surface area contributed by atoms with E-state index in [2.05, 4.69) is 5.32 Å². The predicted molar refractivity (Wildman–Crippen MR) is 87.9 cm³/mol. The molecule has 0 fully saturated rings. The molecule has 0 aliphatic rings. The number of amides is 1. The number of carbonyl (C=O) groups excluding carboxylic acids is 1. The first-order valence-electron chi connectivity index (χ1n) is 6.98. The normalized spacial score (nSPS) is 10.2. The fraction of sp³-hybridized carbons (Fsp3) is 0. The first-order valence-corrected chi connectivity index (χ1v) is 6.98. The molecule has 0 heterocycles. The standard InChI is InChI=1S/C19H15NO2/c21-18-12-10-15(11-13-18)14-6-8-16(9-7-14)19(22)20-17-4-2-1-3-5-17/h1-13,21H,(H,20,22). The summed E-state index contributed by atoms with van der Waals surface area (Å²) in [6, 6.07) is 23.7. The molecule has 3 nitrogen and oxygen atoms in total. The summed E-state index contributed by atoms with van der Waals surface area (Å²) < 4.78 is 0. The smallest absolute Gasteiger partial charge is 0.255 e. The van der Waals surface area contributed by atoms with Crippen LogP contribution in [0.5, 0.6) is 5.75 Å². The SMILES string of the molecule is O=C(Nc1ccccc1)c1ccc(-c2ccc(O)cc2)cc1. The number of phenols is 1. The molecule has 0 aliphatic carbocycles. The molecule has 3 heteroatoms. The maximum Gasteiger partial charge on any atom is 0.255 e. The van der Waals surface area contributed by atoms with Crippen molar-refractivity contribution in [3.8, 4) is 16.9 Å². The molecule has 0 atom stereocenters. The molecule has 0 bridgehead atoms. The Balaban J connectivity index is 1.76. The van der Waals surface area contributed by atoms with Crippen molar-refractivity contribution in [2.45, 2.75) is 0 Å². The number of phenolic OH excluding ortho intramolecular Hbond substituents is 1. The van der Waals surface area contributed by atoms with E-state index in [1.807, 2.05) is 54.6 Å². The average molecular weight is 289 g/mol. The number of benzene rings is 3. The fourth-order valence-corrected chi connectivity index (χ4v) is 2.19.